The van der Waals surface area contributed by atoms with E-state index in [-0.39, 0.29) is 0 Å². The summed E-state index contributed by atoms with van der Waals surface area (Å²) >= 11 is 0. The molecule has 0 radical (unpaired) electrons. The number of rotatable bonds is 1. The number of nitrogens with zero attached hydrogens (tertiary/aromatic N) is 3. The summed E-state index contributed by atoms with van der Waals surface area (Å²) in [6, 6.07) is 0. The minimum absolute atomic E-state index is 0.565. The molecule has 0 bridgehead atoms. The molecule has 0 unspecified atom stereocenters. The third kappa shape index (κ3) is 0.892. The molecule has 0 aliphatic carbocycles. The number of aromatic amines is 1. The summed E-state index contributed by atoms with van der Waals surface area (Å²) < 4.78 is 0. The molecule has 0 aliphatic rings. The number of hydrogen-bond donors (Lipinski definition) is 3. The van der Waals surface area contributed by atoms with Crippen molar-refractivity contribution in [1.82, 2.24) is 19.9 Å². The molecule has 0 saturated heterocycles. The second-order valence-electron chi connectivity index (χ2n) is 2.36. The molecular formula is C6H8N6. The molecule has 2 rings (SSSR count). The summed E-state index contributed by atoms with van der Waals surface area (Å²) in [6.45, 7) is 1.79. The lowest BCUT2D eigenvalue weighted by molar-refractivity contribution is 1.07. The highest BCUT2D eigenvalue weighted by Gasteiger charge is 2.05. The van der Waals surface area contributed by atoms with Gasteiger partial charge in [-0.05, 0) is 6.92 Å². The number of H-pyrrole nitrogens is 1. The molecule has 6 heteroatoms. The van der Waals surface area contributed by atoms with E-state index in [9.17, 15) is 0 Å². The van der Waals surface area contributed by atoms with Crippen molar-refractivity contribution in [3.05, 3.63) is 12.2 Å². The molecule has 0 aliphatic heterocycles. The fourth-order valence-electron chi connectivity index (χ4n) is 1.05. The minimum atomic E-state index is 0.565. The molecular weight excluding hydrogens is 156 g/mol. The average molecular weight is 164 g/mol. The van der Waals surface area contributed by atoms with Crippen LogP contribution >= 0.6 is 0 Å². The number of nitrogen functional groups attached to an aromatic ring is 1. The summed E-state index contributed by atoms with van der Waals surface area (Å²) in [5.41, 5.74) is 3.82. The first-order valence-electron chi connectivity index (χ1n) is 3.45. The molecule has 4 N–H and O–H groups in total. The van der Waals surface area contributed by atoms with Gasteiger partial charge in [0.25, 0.3) is 0 Å². The van der Waals surface area contributed by atoms with Crippen LogP contribution in [-0.4, -0.2) is 19.9 Å². The highest BCUT2D eigenvalue weighted by atomic mass is 15.3. The molecule has 6 nitrogen and oxygen atoms in total. The van der Waals surface area contributed by atoms with Crippen molar-refractivity contribution in [1.29, 1.82) is 0 Å². The quantitative estimate of drug-likeness (QED) is 0.406. The maximum Gasteiger partial charge on any atom is 0.183 e. The van der Waals surface area contributed by atoms with E-state index >= 15 is 0 Å². The van der Waals surface area contributed by atoms with Crippen LogP contribution in [0.25, 0.3) is 11.2 Å². The normalized spacial score (nSPS) is 10.5. The Morgan fingerprint density at radius 1 is 1.50 bits per heavy atom. The van der Waals surface area contributed by atoms with Crippen LogP contribution in [0, 0.1) is 6.92 Å². The fourth-order valence-corrected chi connectivity index (χ4v) is 1.05. The second kappa shape index (κ2) is 2.42. The van der Waals surface area contributed by atoms with Crippen molar-refractivity contribution in [3.8, 4) is 0 Å². The van der Waals surface area contributed by atoms with E-state index in [4.69, 9.17) is 5.84 Å². The molecule has 0 aromatic carbocycles. The lowest BCUT2D eigenvalue weighted by Crippen LogP contribution is -2.10. The van der Waals surface area contributed by atoms with Crippen molar-refractivity contribution in [2.24, 2.45) is 5.84 Å². The Labute approximate surface area is 68.2 Å². The third-order valence-electron chi connectivity index (χ3n) is 1.53. The van der Waals surface area contributed by atoms with Crippen LogP contribution in [0.3, 0.4) is 0 Å². The smallest absolute Gasteiger partial charge is 0.183 e. The zero-order chi connectivity index (χ0) is 8.55. The number of fused-ring (bicyclic) bond motifs is 1. The lowest BCUT2D eigenvalue weighted by atomic mass is 10.5. The molecule has 0 saturated carbocycles. The first-order valence-corrected chi connectivity index (χ1v) is 3.45. The average Bonchev–Trinajstić information content (AvgIpc) is 2.50. The highest BCUT2D eigenvalue weighted by Crippen LogP contribution is 2.14. The zero-order valence-electron chi connectivity index (χ0n) is 6.50. The molecule has 12 heavy (non-hydrogen) atoms. The van der Waals surface area contributed by atoms with E-state index in [1.165, 1.54) is 0 Å². The van der Waals surface area contributed by atoms with Gasteiger partial charge < -0.3 is 10.4 Å². The maximum absolute atomic E-state index is 5.26. The van der Waals surface area contributed by atoms with Crippen molar-refractivity contribution in [3.63, 3.8) is 0 Å². The van der Waals surface area contributed by atoms with Gasteiger partial charge in [0.1, 0.15) is 11.3 Å². The maximum atomic E-state index is 5.26. The summed E-state index contributed by atoms with van der Waals surface area (Å²) in [4.78, 5) is 15.0. The Hall–Kier alpha value is -1.69. The Morgan fingerprint density at radius 3 is 3.08 bits per heavy atom. The van der Waals surface area contributed by atoms with E-state index in [1.54, 1.807) is 13.3 Å². The molecule has 2 heterocycles. The number of hydrazine groups is 1. The van der Waals surface area contributed by atoms with Gasteiger partial charge in [0.15, 0.2) is 11.5 Å². The van der Waals surface area contributed by atoms with Gasteiger partial charge in [0, 0.05) is 0 Å². The number of nitrogens with two attached hydrogens (primary N) is 1. The van der Waals surface area contributed by atoms with E-state index in [0.29, 0.717) is 17.3 Å². The molecule has 2 aromatic heterocycles. The van der Waals surface area contributed by atoms with Gasteiger partial charge in [-0.15, -0.1) is 0 Å². The topological polar surface area (TPSA) is 92.5 Å². The van der Waals surface area contributed by atoms with Gasteiger partial charge >= 0.3 is 0 Å². The van der Waals surface area contributed by atoms with Crippen LogP contribution in [0.5, 0.6) is 0 Å². The molecule has 0 amide bonds. The van der Waals surface area contributed by atoms with Gasteiger partial charge in [-0.25, -0.2) is 20.8 Å². The predicted octanol–water partition coefficient (Wildman–Crippen LogP) is -0.0531. The molecule has 2 aromatic rings. The van der Waals surface area contributed by atoms with Crippen LogP contribution in [0.2, 0.25) is 0 Å². The summed E-state index contributed by atoms with van der Waals surface area (Å²) in [5.74, 6) is 6.46. The Morgan fingerprint density at radius 2 is 2.33 bits per heavy atom. The SMILES string of the molecule is Cc1nc(NN)c2[nH]cnc2n1. The van der Waals surface area contributed by atoms with Crippen LogP contribution in [0.4, 0.5) is 5.82 Å². The van der Waals surface area contributed by atoms with Gasteiger partial charge in [-0.1, -0.05) is 0 Å². The summed E-state index contributed by atoms with van der Waals surface area (Å²) in [7, 11) is 0. The van der Waals surface area contributed by atoms with E-state index in [2.05, 4.69) is 25.4 Å². The van der Waals surface area contributed by atoms with Gasteiger partial charge in [0.2, 0.25) is 0 Å². The summed E-state index contributed by atoms with van der Waals surface area (Å²) in [6.07, 6.45) is 1.56. The number of imidazole rings is 1. The summed E-state index contributed by atoms with van der Waals surface area (Å²) in [5, 5.41) is 0. The lowest BCUT2D eigenvalue weighted by Gasteiger charge is -1.99. The third-order valence-corrected chi connectivity index (χ3v) is 1.53. The van der Waals surface area contributed by atoms with E-state index in [1.807, 2.05) is 0 Å². The molecule has 0 spiro atoms. The number of anilines is 1. The molecule has 62 valence electrons. The van der Waals surface area contributed by atoms with Crippen LogP contribution in [0.1, 0.15) is 5.82 Å². The Kier molecular flexibility index (Phi) is 1.41. The van der Waals surface area contributed by atoms with Crippen molar-refractivity contribution in [2.75, 3.05) is 5.43 Å². The van der Waals surface area contributed by atoms with Gasteiger partial charge in [-0.3, -0.25) is 0 Å². The minimum Gasteiger partial charge on any atom is -0.340 e. The molecule has 0 fully saturated rings. The second-order valence-corrected chi connectivity index (χ2v) is 2.36. The number of aromatic nitrogens is 4. The van der Waals surface area contributed by atoms with Crippen molar-refractivity contribution >= 4 is 17.0 Å². The van der Waals surface area contributed by atoms with Gasteiger partial charge in [0.05, 0.1) is 6.33 Å². The largest absolute Gasteiger partial charge is 0.340 e. The fraction of sp³-hybridized carbons (Fsp3) is 0.167. The van der Waals surface area contributed by atoms with Gasteiger partial charge in [-0.2, -0.15) is 0 Å². The van der Waals surface area contributed by atoms with E-state index < -0.39 is 0 Å². The van der Waals surface area contributed by atoms with E-state index in [0.717, 1.165) is 5.52 Å². The Balaban J connectivity index is 2.80. The van der Waals surface area contributed by atoms with Crippen LogP contribution in [-0.2, 0) is 0 Å². The molecule has 0 atom stereocenters. The van der Waals surface area contributed by atoms with Crippen LogP contribution < -0.4 is 11.3 Å². The monoisotopic (exact) mass is 164 g/mol. The van der Waals surface area contributed by atoms with Crippen molar-refractivity contribution < 1.29 is 0 Å². The standard InChI is InChI=1S/C6H8N6/c1-3-10-5-4(8-2-9-5)6(11-3)12-7/h2H,7H2,1H3,(H2,8,9,10,11,12). The Bertz CT molecular complexity index is 405. The number of aryl methyl sites for hydroxylation is 1. The predicted molar refractivity (Wildman–Crippen MR) is 44.2 cm³/mol. The number of nitrogens with one attached hydrogen (secondary N) is 2. The number of hydrogen-bond acceptors (Lipinski definition) is 5. The first-order chi connectivity index (χ1) is 5.81. The van der Waals surface area contributed by atoms with Crippen molar-refractivity contribution in [2.45, 2.75) is 6.92 Å². The van der Waals surface area contributed by atoms with Crippen LogP contribution in [0.15, 0.2) is 6.33 Å². The zero-order valence-corrected chi connectivity index (χ0v) is 6.50. The highest BCUT2D eigenvalue weighted by molar-refractivity contribution is 5.81. The first kappa shape index (κ1) is 6.99.